The Labute approximate surface area is 96.6 Å². The van der Waals surface area contributed by atoms with Gasteiger partial charge in [0.15, 0.2) is 0 Å². The summed E-state index contributed by atoms with van der Waals surface area (Å²) in [6.45, 7) is 1.91. The van der Waals surface area contributed by atoms with Crippen molar-refractivity contribution in [1.29, 1.82) is 5.26 Å². The predicted octanol–water partition coefficient (Wildman–Crippen LogP) is 1.51. The van der Waals surface area contributed by atoms with Gasteiger partial charge in [0.25, 0.3) is 0 Å². The van der Waals surface area contributed by atoms with E-state index in [1.807, 2.05) is 6.07 Å². The summed E-state index contributed by atoms with van der Waals surface area (Å²) in [5.74, 6) is -1.05. The van der Waals surface area contributed by atoms with Crippen LogP contribution < -0.4 is 5.32 Å². The summed E-state index contributed by atoms with van der Waals surface area (Å²) in [5, 5.41) is 13.3. The van der Waals surface area contributed by atoms with Crippen LogP contribution in [-0.4, -0.2) is 18.5 Å². The van der Waals surface area contributed by atoms with Crippen LogP contribution in [0, 0.1) is 11.3 Å². The van der Waals surface area contributed by atoms with Crippen molar-refractivity contribution in [2.75, 3.05) is 11.9 Å². The Morgan fingerprint density at radius 1 is 1.62 bits per heavy atom. The molecule has 1 aromatic heterocycles. The maximum absolute atomic E-state index is 11.3. The Balaban J connectivity index is 2.52. The van der Waals surface area contributed by atoms with Gasteiger partial charge in [-0.25, -0.2) is 0 Å². The molecule has 0 aromatic carbocycles. The van der Waals surface area contributed by atoms with Gasteiger partial charge in [-0.3, -0.25) is 9.59 Å². The molecular weight excluding hydrogens is 228 g/mol. The second-order valence-corrected chi connectivity index (χ2v) is 3.72. The van der Waals surface area contributed by atoms with Gasteiger partial charge in [-0.05, 0) is 18.4 Å². The molecule has 16 heavy (non-hydrogen) atoms. The normalized spacial score (nSPS) is 9.25. The summed E-state index contributed by atoms with van der Waals surface area (Å²) < 4.78 is 4.63. The van der Waals surface area contributed by atoms with Crippen molar-refractivity contribution in [3.05, 3.63) is 17.0 Å². The molecule has 1 rings (SSSR count). The summed E-state index contributed by atoms with van der Waals surface area (Å²) in [6, 6.07) is 3.54. The second-order valence-electron chi connectivity index (χ2n) is 2.81. The van der Waals surface area contributed by atoms with Gasteiger partial charge in [0, 0.05) is 0 Å². The number of rotatable bonds is 4. The minimum absolute atomic E-state index is 0.245. The van der Waals surface area contributed by atoms with Crippen molar-refractivity contribution in [3.63, 3.8) is 0 Å². The molecule has 0 bridgehead atoms. The fourth-order valence-corrected chi connectivity index (χ4v) is 1.76. The van der Waals surface area contributed by atoms with Gasteiger partial charge < -0.3 is 10.1 Å². The molecule has 0 unspecified atom stereocenters. The summed E-state index contributed by atoms with van der Waals surface area (Å²) >= 11 is 1.24. The van der Waals surface area contributed by atoms with Gasteiger partial charge in [-0.1, -0.05) is 0 Å². The number of hydrogen-bond acceptors (Lipinski definition) is 5. The molecule has 6 heteroatoms. The van der Waals surface area contributed by atoms with E-state index < -0.39 is 11.9 Å². The quantitative estimate of drug-likeness (QED) is 0.637. The lowest BCUT2D eigenvalue weighted by Crippen LogP contribution is -2.17. The van der Waals surface area contributed by atoms with Crippen LogP contribution >= 0.6 is 11.3 Å². The van der Waals surface area contributed by atoms with Gasteiger partial charge in [0.1, 0.15) is 17.5 Å². The van der Waals surface area contributed by atoms with Crippen LogP contribution in [-0.2, 0) is 14.3 Å². The van der Waals surface area contributed by atoms with Crippen molar-refractivity contribution < 1.29 is 14.3 Å². The molecule has 0 fully saturated rings. The fraction of sp³-hybridized carbons (Fsp3) is 0.300. The van der Waals surface area contributed by atoms with E-state index in [1.54, 1.807) is 18.4 Å². The third-order valence-corrected chi connectivity index (χ3v) is 2.48. The zero-order valence-corrected chi connectivity index (χ0v) is 9.47. The monoisotopic (exact) mass is 238 g/mol. The number of esters is 1. The Hall–Kier alpha value is -1.87. The lowest BCUT2D eigenvalue weighted by molar-refractivity contribution is -0.145. The van der Waals surface area contributed by atoms with Gasteiger partial charge in [0.05, 0.1) is 12.2 Å². The van der Waals surface area contributed by atoms with Gasteiger partial charge in [-0.2, -0.15) is 5.26 Å². The molecule has 1 heterocycles. The van der Waals surface area contributed by atoms with Gasteiger partial charge in [-0.15, -0.1) is 11.3 Å². The average Bonchev–Trinajstić information content (AvgIpc) is 2.65. The zero-order valence-electron chi connectivity index (χ0n) is 8.65. The van der Waals surface area contributed by atoms with Crippen LogP contribution in [0.1, 0.15) is 18.9 Å². The van der Waals surface area contributed by atoms with Crippen LogP contribution in [0.5, 0.6) is 0 Å². The minimum Gasteiger partial charge on any atom is -0.466 e. The number of hydrogen-bond donors (Lipinski definition) is 1. The molecular formula is C10H10N2O3S. The largest absolute Gasteiger partial charge is 0.466 e. The summed E-state index contributed by atoms with van der Waals surface area (Å²) in [4.78, 5) is 22.3. The average molecular weight is 238 g/mol. The summed E-state index contributed by atoms with van der Waals surface area (Å²) in [5.41, 5.74) is 0.391. The zero-order chi connectivity index (χ0) is 12.0. The van der Waals surface area contributed by atoms with E-state index >= 15 is 0 Å². The number of thiophene rings is 1. The van der Waals surface area contributed by atoms with Crippen molar-refractivity contribution >= 4 is 28.2 Å². The molecule has 0 spiro atoms. The van der Waals surface area contributed by atoms with E-state index in [0.29, 0.717) is 10.6 Å². The van der Waals surface area contributed by atoms with E-state index in [4.69, 9.17) is 5.26 Å². The Morgan fingerprint density at radius 2 is 2.38 bits per heavy atom. The molecule has 0 radical (unpaired) electrons. The molecule has 84 valence electrons. The van der Waals surface area contributed by atoms with Crippen LogP contribution in [0.3, 0.4) is 0 Å². The Morgan fingerprint density at radius 3 is 3.00 bits per heavy atom. The van der Waals surface area contributed by atoms with Crippen molar-refractivity contribution in [1.82, 2.24) is 0 Å². The van der Waals surface area contributed by atoms with Crippen molar-refractivity contribution in [2.45, 2.75) is 13.3 Å². The van der Waals surface area contributed by atoms with E-state index in [9.17, 15) is 9.59 Å². The standard InChI is InChI=1S/C10H10N2O3S/c1-2-15-9(14)5-8(13)12-10-7(6-11)3-4-16-10/h3-4H,2,5H2,1H3,(H,12,13). The number of anilines is 1. The first-order valence-corrected chi connectivity index (χ1v) is 5.48. The first-order valence-electron chi connectivity index (χ1n) is 4.60. The fourth-order valence-electron chi connectivity index (χ4n) is 1.01. The number of nitriles is 1. The maximum Gasteiger partial charge on any atom is 0.315 e. The van der Waals surface area contributed by atoms with E-state index in [0.717, 1.165) is 0 Å². The van der Waals surface area contributed by atoms with Crippen molar-refractivity contribution in [2.24, 2.45) is 0 Å². The molecule has 0 atom stereocenters. The maximum atomic E-state index is 11.3. The number of nitrogens with one attached hydrogen (secondary N) is 1. The molecule has 1 N–H and O–H groups in total. The Bertz CT molecular complexity index is 434. The van der Waals surface area contributed by atoms with E-state index in [1.165, 1.54) is 11.3 Å². The third-order valence-electron chi connectivity index (χ3n) is 1.65. The lowest BCUT2D eigenvalue weighted by atomic mass is 10.3. The molecule has 1 aromatic rings. The topological polar surface area (TPSA) is 79.2 Å². The molecule has 0 aliphatic rings. The van der Waals surface area contributed by atoms with Crippen LogP contribution in [0.2, 0.25) is 0 Å². The predicted molar refractivity (Wildman–Crippen MR) is 58.9 cm³/mol. The van der Waals surface area contributed by atoms with Crippen LogP contribution in [0.15, 0.2) is 11.4 Å². The van der Waals surface area contributed by atoms with Crippen LogP contribution in [0.4, 0.5) is 5.00 Å². The van der Waals surface area contributed by atoms with E-state index in [2.05, 4.69) is 10.1 Å². The Kier molecular flexibility index (Phi) is 4.48. The smallest absolute Gasteiger partial charge is 0.315 e. The second kappa shape index (κ2) is 5.88. The molecule has 0 aliphatic carbocycles. The third kappa shape index (κ3) is 3.37. The number of nitrogens with zero attached hydrogens (tertiary/aromatic N) is 1. The highest BCUT2D eigenvalue weighted by molar-refractivity contribution is 7.14. The first kappa shape index (κ1) is 12.2. The summed E-state index contributed by atoms with van der Waals surface area (Å²) in [7, 11) is 0. The number of carbonyl (C=O) groups is 2. The highest BCUT2D eigenvalue weighted by Crippen LogP contribution is 2.22. The highest BCUT2D eigenvalue weighted by Gasteiger charge is 2.12. The van der Waals surface area contributed by atoms with Crippen molar-refractivity contribution in [3.8, 4) is 6.07 Å². The molecule has 0 saturated heterocycles. The minimum atomic E-state index is -0.574. The molecule has 0 aliphatic heterocycles. The van der Waals surface area contributed by atoms with Crippen LogP contribution in [0.25, 0.3) is 0 Å². The van der Waals surface area contributed by atoms with E-state index in [-0.39, 0.29) is 13.0 Å². The highest BCUT2D eigenvalue weighted by atomic mass is 32.1. The lowest BCUT2D eigenvalue weighted by Gasteiger charge is -2.02. The SMILES string of the molecule is CCOC(=O)CC(=O)Nc1sccc1C#N. The number of amides is 1. The summed E-state index contributed by atoms with van der Waals surface area (Å²) in [6.07, 6.45) is -0.337. The molecule has 5 nitrogen and oxygen atoms in total. The number of carbonyl (C=O) groups excluding carboxylic acids is 2. The van der Waals surface area contributed by atoms with Gasteiger partial charge in [0.2, 0.25) is 5.91 Å². The first-order chi connectivity index (χ1) is 7.67. The van der Waals surface area contributed by atoms with Gasteiger partial charge >= 0.3 is 5.97 Å². The molecule has 0 saturated carbocycles. The molecule has 1 amide bonds. The number of ether oxygens (including phenoxy) is 1.